The van der Waals surface area contributed by atoms with Gasteiger partial charge < -0.3 is 13.9 Å². The van der Waals surface area contributed by atoms with Crippen molar-refractivity contribution in [3.8, 4) is 62.1 Å². The summed E-state index contributed by atoms with van der Waals surface area (Å²) in [6.07, 6.45) is 5.35. The maximum Gasteiger partial charge on any atom is 0.268 e. The minimum atomic E-state index is -0.573. The fraction of sp³-hybridized carbons (Fsp3) is 0.0526. The van der Waals surface area contributed by atoms with Crippen LogP contribution >= 0.6 is 0 Å². The Bertz CT molecular complexity index is 3880. The first-order valence-electron chi connectivity index (χ1n) is 25.2. The Hall–Kier alpha value is -7.33. The van der Waals surface area contributed by atoms with Gasteiger partial charge in [0, 0.05) is 49.8 Å². The molecule has 0 bridgehead atoms. The summed E-state index contributed by atoms with van der Waals surface area (Å²) in [5.41, 5.74) is 6.88. The van der Waals surface area contributed by atoms with Crippen molar-refractivity contribution in [1.82, 2.24) is 14.1 Å². The van der Waals surface area contributed by atoms with Gasteiger partial charge in [-0.3, -0.25) is 4.57 Å². The molecular weight excluding hydrogens is 952 g/mol. The number of para-hydroxylation sites is 4. The van der Waals surface area contributed by atoms with E-state index < -0.39 is 60.4 Å². The first-order valence-corrected chi connectivity index (χ1v) is 20.2. The summed E-state index contributed by atoms with van der Waals surface area (Å²) in [5.74, 6) is 1.75. The molecule has 11 rings (SSSR count). The van der Waals surface area contributed by atoms with E-state index in [-0.39, 0.29) is 54.9 Å². The molecule has 0 aliphatic carbocycles. The first-order chi connectivity index (χ1) is 34.7. The first kappa shape index (κ1) is 29.8. The van der Waals surface area contributed by atoms with Gasteiger partial charge in [0.1, 0.15) is 5.82 Å². The van der Waals surface area contributed by atoms with Crippen LogP contribution in [0.25, 0.3) is 83.4 Å². The topological polar surface area (TPSA) is 35.9 Å². The summed E-state index contributed by atoms with van der Waals surface area (Å²) >= 11 is 0. The number of imidazole rings is 1. The third kappa shape index (κ3) is 7.25. The third-order valence-corrected chi connectivity index (χ3v) is 11.0. The third-order valence-electron chi connectivity index (χ3n) is 11.0. The van der Waals surface area contributed by atoms with E-state index >= 15 is 0 Å². The molecule has 6 heteroatoms. The Morgan fingerprint density at radius 2 is 1.25 bits per heavy atom. The Kier molecular flexibility index (Phi) is 7.98. The minimum Gasteiger partial charge on any atom is -0.510 e. The van der Waals surface area contributed by atoms with Gasteiger partial charge in [-0.15, -0.1) is 29.7 Å². The number of pyridine rings is 1. The fourth-order valence-corrected chi connectivity index (χ4v) is 8.20. The van der Waals surface area contributed by atoms with Crippen molar-refractivity contribution in [2.24, 2.45) is 0 Å². The summed E-state index contributed by atoms with van der Waals surface area (Å²) in [6.45, 7) is 4.36. The maximum absolute atomic E-state index is 9.01. The second-order valence-electron chi connectivity index (χ2n) is 15.1. The van der Waals surface area contributed by atoms with Gasteiger partial charge in [-0.2, -0.15) is 18.2 Å². The molecule has 0 saturated carbocycles. The van der Waals surface area contributed by atoms with Crippen LogP contribution in [0.15, 0.2) is 200 Å². The van der Waals surface area contributed by atoms with Gasteiger partial charge in [-0.05, 0) is 62.5 Å². The molecule has 0 atom stereocenters. The fourth-order valence-electron chi connectivity index (χ4n) is 8.20. The summed E-state index contributed by atoms with van der Waals surface area (Å²) in [5, 5.41) is 2.01. The van der Waals surface area contributed by atoms with E-state index in [2.05, 4.69) is 67.2 Å². The monoisotopic (exact) mass is 1000 g/mol. The Morgan fingerprint density at radius 3 is 1.98 bits per heavy atom. The SMILES string of the molecule is [2H]c1c([2H])c([2H])c(-c2cccc(-c3c([2H])c([2H])c([2H])c([2H])c3[2H])c2-[n+]2[c-]n(-c3[c-]c(Oc4[c-]c5c(cc4)c4ccccc4n5-c4cc(C(C)C)c(-c5ccccc5)cn4)ccc3)c3ccccc32)c([2H])c1[2H].[Pt]. The quantitative estimate of drug-likeness (QED) is 0.107. The zero-order valence-corrected chi connectivity index (χ0v) is 36.1. The smallest absolute Gasteiger partial charge is 0.268 e. The number of nitrogens with zero attached hydrogens (tertiary/aromatic N) is 4. The number of benzene rings is 8. The predicted molar refractivity (Wildman–Crippen MR) is 250 cm³/mol. The zero-order chi connectivity index (χ0) is 50.3. The van der Waals surface area contributed by atoms with Gasteiger partial charge in [-0.25, -0.2) is 4.98 Å². The molecule has 0 radical (unpaired) electrons. The van der Waals surface area contributed by atoms with E-state index in [1.54, 1.807) is 39.5 Å². The van der Waals surface area contributed by atoms with Crippen molar-refractivity contribution in [1.29, 1.82) is 0 Å². The molecule has 63 heavy (non-hydrogen) atoms. The average Bonchev–Trinajstić information content (AvgIpc) is 3.95. The molecule has 3 aromatic heterocycles. The van der Waals surface area contributed by atoms with E-state index in [0.717, 1.165) is 44.3 Å². The second-order valence-corrected chi connectivity index (χ2v) is 15.1. The van der Waals surface area contributed by atoms with Crippen molar-refractivity contribution in [3.05, 3.63) is 224 Å². The number of fused-ring (bicyclic) bond motifs is 4. The zero-order valence-electron chi connectivity index (χ0n) is 43.9. The molecular formula is C57H40N4OPt-2. The summed E-state index contributed by atoms with van der Waals surface area (Å²) in [6, 6.07) is 43.6. The van der Waals surface area contributed by atoms with Crippen molar-refractivity contribution in [3.63, 3.8) is 0 Å². The van der Waals surface area contributed by atoms with Gasteiger partial charge in [0.2, 0.25) is 0 Å². The minimum absolute atomic E-state index is 0. The van der Waals surface area contributed by atoms with Crippen LogP contribution in [0.1, 0.15) is 39.0 Å². The Balaban J connectivity index is 0.00000611. The molecule has 0 N–H and O–H groups in total. The second kappa shape index (κ2) is 16.9. The van der Waals surface area contributed by atoms with Crippen LogP contribution in [-0.4, -0.2) is 14.1 Å². The summed E-state index contributed by atoms with van der Waals surface area (Å²) < 4.78 is 99.0. The molecule has 306 valence electrons. The van der Waals surface area contributed by atoms with Gasteiger partial charge in [-0.1, -0.05) is 171 Å². The molecule has 0 fully saturated rings. The van der Waals surface area contributed by atoms with Crippen LogP contribution in [0, 0.1) is 18.5 Å². The number of hydrogen-bond donors (Lipinski definition) is 0. The number of rotatable bonds is 9. The number of aromatic nitrogens is 4. The van der Waals surface area contributed by atoms with Crippen molar-refractivity contribution >= 4 is 32.8 Å². The van der Waals surface area contributed by atoms with Crippen molar-refractivity contribution in [2.75, 3.05) is 0 Å². The number of ether oxygens (including phenoxy) is 1. The van der Waals surface area contributed by atoms with E-state index in [1.807, 2.05) is 79.0 Å². The van der Waals surface area contributed by atoms with Crippen LogP contribution in [0.4, 0.5) is 0 Å². The van der Waals surface area contributed by atoms with Gasteiger partial charge >= 0.3 is 0 Å². The molecule has 0 aliphatic rings. The standard InChI is InChI=1S/C57H40N4O.Pt/c1-39(2)50-36-56(58-37-51(50)42-22-10-5-11-23-42)61-52-29-13-12-26-48(52)49-33-32-45(35-55(49)61)62-44-25-16-24-43(34-44)59-38-60(54-31-15-14-30-53(54)59)57-46(40-18-6-3-7-19-40)27-17-28-47(57)41-20-8-4-9-21-41;/h3-33,36-37,39H,1-2H3;/q-2;/i3D,4D,6D,7D,8D,9D,18D,19D,20D,21D;. The Labute approximate surface area is 395 Å². The Morgan fingerprint density at radius 1 is 0.603 bits per heavy atom. The molecule has 5 nitrogen and oxygen atoms in total. The van der Waals surface area contributed by atoms with E-state index in [9.17, 15) is 0 Å². The normalized spacial score (nSPS) is 13.6. The summed E-state index contributed by atoms with van der Waals surface area (Å²) in [4.78, 5) is 5.03. The van der Waals surface area contributed by atoms with Crippen LogP contribution < -0.4 is 9.30 Å². The van der Waals surface area contributed by atoms with Crippen molar-refractivity contribution in [2.45, 2.75) is 19.8 Å². The molecule has 0 saturated heterocycles. The maximum atomic E-state index is 9.01. The van der Waals surface area contributed by atoms with Crippen LogP contribution in [-0.2, 0) is 21.1 Å². The van der Waals surface area contributed by atoms with Crippen LogP contribution in [0.5, 0.6) is 11.5 Å². The van der Waals surface area contributed by atoms with Gasteiger partial charge in [0.15, 0.2) is 0 Å². The van der Waals surface area contributed by atoms with Crippen LogP contribution in [0.3, 0.4) is 0 Å². The van der Waals surface area contributed by atoms with Gasteiger partial charge in [0.25, 0.3) is 6.33 Å². The van der Waals surface area contributed by atoms with Gasteiger partial charge in [0.05, 0.1) is 30.4 Å². The molecule has 0 unspecified atom stereocenters. The average molecular weight is 1000 g/mol. The van der Waals surface area contributed by atoms with E-state index in [1.165, 1.54) is 0 Å². The molecule has 0 spiro atoms. The molecule has 8 aromatic carbocycles. The summed E-state index contributed by atoms with van der Waals surface area (Å²) in [7, 11) is 0. The molecule has 0 amide bonds. The molecule has 11 aromatic rings. The van der Waals surface area contributed by atoms with Crippen LogP contribution in [0.2, 0.25) is 0 Å². The number of hydrogen-bond acceptors (Lipinski definition) is 2. The predicted octanol–water partition coefficient (Wildman–Crippen LogP) is 13.7. The van der Waals surface area contributed by atoms with E-state index in [4.69, 9.17) is 23.4 Å². The molecule has 0 aliphatic heterocycles. The van der Waals surface area contributed by atoms with E-state index in [0.29, 0.717) is 28.2 Å². The molecule has 3 heterocycles. The van der Waals surface area contributed by atoms with Crippen molar-refractivity contribution < 1.29 is 44.1 Å². The largest absolute Gasteiger partial charge is 0.510 e.